The molecule has 2 amide bonds. The van der Waals surface area contributed by atoms with Crippen LogP contribution in [0.25, 0.3) is 0 Å². The molecule has 24 heavy (non-hydrogen) atoms. The third-order valence-electron chi connectivity index (χ3n) is 3.36. The summed E-state index contributed by atoms with van der Waals surface area (Å²) in [5.41, 5.74) is -0.498. The fourth-order valence-electron chi connectivity index (χ4n) is 2.16. The quantitative estimate of drug-likeness (QED) is 0.444. The van der Waals surface area contributed by atoms with Gasteiger partial charge in [-0.05, 0) is 33.6 Å². The van der Waals surface area contributed by atoms with E-state index in [9.17, 15) is 9.59 Å². The number of carbonyl (C=O) groups excluding carboxylic acids is 2. The number of ether oxygens (including phenoxy) is 1. The Morgan fingerprint density at radius 1 is 1.38 bits per heavy atom. The molecule has 0 aliphatic carbocycles. The first-order valence-electron chi connectivity index (χ1n) is 7.95. The Morgan fingerprint density at radius 3 is 2.50 bits per heavy atom. The maximum absolute atomic E-state index is 12.0. The van der Waals surface area contributed by atoms with Crippen molar-refractivity contribution in [3.63, 3.8) is 0 Å². The lowest BCUT2D eigenvalue weighted by Crippen LogP contribution is -2.45. The molecule has 0 bridgehead atoms. The molecule has 0 atom stereocenters. The SMILES string of the molecule is CC(C)(C)OC(=O)N1CCC(N/C=C(/C#N)C(=O)NCCCl)CC1. The molecule has 1 aliphatic rings. The number of nitrogens with one attached hydrogen (secondary N) is 2. The van der Waals surface area contributed by atoms with Gasteiger partial charge in [-0.3, -0.25) is 4.79 Å². The van der Waals surface area contributed by atoms with Gasteiger partial charge < -0.3 is 20.3 Å². The van der Waals surface area contributed by atoms with Gasteiger partial charge >= 0.3 is 6.09 Å². The lowest BCUT2D eigenvalue weighted by atomic mass is 10.1. The third kappa shape index (κ3) is 7.09. The lowest BCUT2D eigenvalue weighted by Gasteiger charge is -2.33. The van der Waals surface area contributed by atoms with Gasteiger partial charge in [-0.25, -0.2) is 4.79 Å². The van der Waals surface area contributed by atoms with E-state index < -0.39 is 11.5 Å². The minimum absolute atomic E-state index is 0.00897. The van der Waals surface area contributed by atoms with Gasteiger partial charge in [0.1, 0.15) is 17.2 Å². The van der Waals surface area contributed by atoms with Crippen LogP contribution in [-0.4, -0.2) is 54.1 Å². The Labute approximate surface area is 148 Å². The molecule has 0 radical (unpaired) electrons. The molecule has 0 unspecified atom stereocenters. The van der Waals surface area contributed by atoms with Gasteiger partial charge in [0.2, 0.25) is 0 Å². The molecule has 0 aromatic heterocycles. The molecule has 134 valence electrons. The van der Waals surface area contributed by atoms with Crippen molar-refractivity contribution in [3.05, 3.63) is 11.8 Å². The molecule has 2 N–H and O–H groups in total. The number of piperidine rings is 1. The second-order valence-corrected chi connectivity index (χ2v) is 6.90. The number of likely N-dealkylation sites (tertiary alicyclic amines) is 1. The molecule has 1 heterocycles. The smallest absolute Gasteiger partial charge is 0.410 e. The zero-order valence-corrected chi connectivity index (χ0v) is 15.2. The van der Waals surface area contributed by atoms with Crippen LogP contribution in [0.2, 0.25) is 0 Å². The fraction of sp³-hybridized carbons (Fsp3) is 0.688. The Morgan fingerprint density at radius 2 is 2.00 bits per heavy atom. The van der Waals surface area contributed by atoms with E-state index in [1.54, 1.807) is 4.90 Å². The summed E-state index contributed by atoms with van der Waals surface area (Å²) < 4.78 is 5.34. The average Bonchev–Trinajstić information content (AvgIpc) is 2.52. The van der Waals surface area contributed by atoms with E-state index in [4.69, 9.17) is 21.6 Å². The van der Waals surface area contributed by atoms with Crippen molar-refractivity contribution in [2.45, 2.75) is 45.3 Å². The predicted molar refractivity (Wildman–Crippen MR) is 91.4 cm³/mol. The monoisotopic (exact) mass is 356 g/mol. The van der Waals surface area contributed by atoms with Crippen LogP contribution in [0, 0.1) is 11.3 Å². The van der Waals surface area contributed by atoms with E-state index in [0.29, 0.717) is 25.5 Å². The van der Waals surface area contributed by atoms with E-state index in [0.717, 1.165) is 12.8 Å². The molecule has 1 rings (SSSR count). The molecule has 0 saturated carbocycles. The Bertz CT molecular complexity index is 514. The molecular weight excluding hydrogens is 332 g/mol. The summed E-state index contributed by atoms with van der Waals surface area (Å²) in [7, 11) is 0. The van der Waals surface area contributed by atoms with Gasteiger partial charge in [0.05, 0.1) is 0 Å². The Hall–Kier alpha value is -1.94. The number of carbonyl (C=O) groups is 2. The average molecular weight is 357 g/mol. The van der Waals surface area contributed by atoms with E-state index in [1.807, 2.05) is 26.8 Å². The number of amides is 2. The summed E-state index contributed by atoms with van der Waals surface area (Å²) in [6, 6.07) is 1.97. The second kappa shape index (κ2) is 9.38. The van der Waals surface area contributed by atoms with Crippen molar-refractivity contribution in [2.24, 2.45) is 0 Å². The minimum atomic E-state index is -0.507. The third-order valence-corrected chi connectivity index (χ3v) is 3.54. The topological polar surface area (TPSA) is 94.5 Å². The normalized spacial score (nSPS) is 16.3. The first-order valence-corrected chi connectivity index (χ1v) is 8.48. The van der Waals surface area contributed by atoms with E-state index >= 15 is 0 Å². The summed E-state index contributed by atoms with van der Waals surface area (Å²) in [5.74, 6) is -0.155. The molecule has 0 spiro atoms. The summed E-state index contributed by atoms with van der Waals surface area (Å²) >= 11 is 5.50. The number of hydrogen-bond acceptors (Lipinski definition) is 5. The van der Waals surface area contributed by atoms with Crippen LogP contribution in [-0.2, 0) is 9.53 Å². The van der Waals surface area contributed by atoms with Crippen LogP contribution in [0.4, 0.5) is 4.79 Å². The highest BCUT2D eigenvalue weighted by molar-refractivity contribution is 6.18. The van der Waals surface area contributed by atoms with Crippen molar-refractivity contribution in [3.8, 4) is 6.07 Å². The first kappa shape index (κ1) is 20.1. The van der Waals surface area contributed by atoms with Crippen molar-refractivity contribution in [1.82, 2.24) is 15.5 Å². The minimum Gasteiger partial charge on any atom is -0.444 e. The number of alkyl halides is 1. The summed E-state index contributed by atoms with van der Waals surface area (Å²) in [6.07, 6.45) is 2.56. The molecule has 1 saturated heterocycles. The number of hydrogen-bond donors (Lipinski definition) is 2. The summed E-state index contributed by atoms with van der Waals surface area (Å²) in [4.78, 5) is 25.4. The van der Waals surface area contributed by atoms with E-state index in [2.05, 4.69) is 10.6 Å². The molecule has 0 aromatic carbocycles. The van der Waals surface area contributed by atoms with Gasteiger partial charge in [-0.1, -0.05) is 0 Å². The van der Waals surface area contributed by atoms with Crippen LogP contribution in [0.1, 0.15) is 33.6 Å². The van der Waals surface area contributed by atoms with Gasteiger partial charge in [0, 0.05) is 37.8 Å². The van der Waals surface area contributed by atoms with Crippen molar-refractivity contribution in [1.29, 1.82) is 5.26 Å². The van der Waals surface area contributed by atoms with Crippen LogP contribution in [0.3, 0.4) is 0 Å². The first-order chi connectivity index (χ1) is 11.3. The van der Waals surface area contributed by atoms with Gasteiger partial charge in [-0.2, -0.15) is 5.26 Å². The predicted octanol–water partition coefficient (Wildman–Crippen LogP) is 1.74. The zero-order chi connectivity index (χ0) is 18.2. The largest absolute Gasteiger partial charge is 0.444 e. The molecule has 1 fully saturated rings. The van der Waals surface area contributed by atoms with Gasteiger partial charge in [0.15, 0.2) is 0 Å². The molecular formula is C16H25ClN4O3. The zero-order valence-electron chi connectivity index (χ0n) is 14.4. The lowest BCUT2D eigenvalue weighted by molar-refractivity contribution is -0.117. The Balaban J connectivity index is 2.45. The summed E-state index contributed by atoms with van der Waals surface area (Å²) in [5, 5.41) is 14.7. The fourth-order valence-corrected chi connectivity index (χ4v) is 2.26. The molecule has 0 aromatic rings. The molecule has 7 nitrogen and oxygen atoms in total. The van der Waals surface area contributed by atoms with Crippen LogP contribution < -0.4 is 10.6 Å². The number of rotatable bonds is 5. The van der Waals surface area contributed by atoms with Gasteiger partial charge in [-0.15, -0.1) is 11.6 Å². The highest BCUT2D eigenvalue weighted by Crippen LogP contribution is 2.15. The Kier molecular flexibility index (Phi) is 7.86. The standard InChI is InChI=1S/C16H25ClN4O3/c1-16(2,3)24-15(23)21-8-4-13(5-9-21)20-11-12(10-18)14(22)19-7-6-17/h11,13,20H,4-9H2,1-3H3,(H,19,22)/b12-11-. The van der Waals surface area contributed by atoms with Crippen molar-refractivity contribution in [2.75, 3.05) is 25.5 Å². The second-order valence-electron chi connectivity index (χ2n) is 6.52. The highest BCUT2D eigenvalue weighted by atomic mass is 35.5. The van der Waals surface area contributed by atoms with Crippen LogP contribution in [0.5, 0.6) is 0 Å². The van der Waals surface area contributed by atoms with Crippen molar-refractivity contribution < 1.29 is 14.3 Å². The van der Waals surface area contributed by atoms with Gasteiger partial charge in [0.25, 0.3) is 5.91 Å². The maximum atomic E-state index is 12.0. The maximum Gasteiger partial charge on any atom is 0.410 e. The van der Waals surface area contributed by atoms with Crippen LogP contribution >= 0.6 is 11.6 Å². The van der Waals surface area contributed by atoms with E-state index in [1.165, 1.54) is 6.20 Å². The highest BCUT2D eigenvalue weighted by Gasteiger charge is 2.26. The van der Waals surface area contributed by atoms with Crippen molar-refractivity contribution >= 4 is 23.6 Å². The number of halogens is 1. The summed E-state index contributed by atoms with van der Waals surface area (Å²) in [6.45, 7) is 6.96. The number of nitriles is 1. The molecule has 1 aliphatic heterocycles. The van der Waals surface area contributed by atoms with E-state index in [-0.39, 0.29) is 17.7 Å². The van der Waals surface area contributed by atoms with Crippen LogP contribution in [0.15, 0.2) is 11.8 Å². The number of nitrogens with zero attached hydrogens (tertiary/aromatic N) is 2. The molecule has 8 heteroatoms.